The molecule has 0 aliphatic rings. The lowest BCUT2D eigenvalue weighted by atomic mass is 10.3. The van der Waals surface area contributed by atoms with Crippen LogP contribution in [0.3, 0.4) is 0 Å². The molecule has 1 N–H and O–H groups in total. The molecule has 0 aliphatic heterocycles. The summed E-state index contributed by atoms with van der Waals surface area (Å²) in [6.45, 7) is 0. The van der Waals surface area contributed by atoms with Gasteiger partial charge in [-0.25, -0.2) is 22.5 Å². The summed E-state index contributed by atoms with van der Waals surface area (Å²) in [6, 6.07) is 2.37. The molecule has 0 aromatic carbocycles. The van der Waals surface area contributed by atoms with Gasteiger partial charge in [0.05, 0.1) is 5.56 Å². The molecule has 0 saturated heterocycles. The molecule has 0 spiro atoms. The number of carboxylic acids is 1. The summed E-state index contributed by atoms with van der Waals surface area (Å²) >= 11 is 0. The third-order valence-electron chi connectivity index (χ3n) is 1.73. The molecule has 0 bridgehead atoms. The molecular weight excluding hydrogens is 220 g/mol. The van der Waals surface area contributed by atoms with Crippen LogP contribution in [0.2, 0.25) is 0 Å². The largest absolute Gasteiger partial charge is 0.478 e. The van der Waals surface area contributed by atoms with Crippen molar-refractivity contribution in [1.82, 2.24) is 9.29 Å². The van der Waals surface area contributed by atoms with Gasteiger partial charge in [-0.3, -0.25) is 0 Å². The Balaban J connectivity index is 3.15. The van der Waals surface area contributed by atoms with E-state index in [4.69, 9.17) is 5.11 Å². The Kier molecular flexibility index (Phi) is 3.06. The van der Waals surface area contributed by atoms with Crippen molar-refractivity contribution in [3.8, 4) is 0 Å². The average Bonchev–Trinajstić information content (AvgIpc) is 2.17. The number of hydrogen-bond acceptors (Lipinski definition) is 4. The Morgan fingerprint density at radius 1 is 1.40 bits per heavy atom. The zero-order chi connectivity index (χ0) is 11.6. The van der Waals surface area contributed by atoms with Crippen LogP contribution in [0.5, 0.6) is 0 Å². The zero-order valence-electron chi connectivity index (χ0n) is 8.21. The second-order valence-corrected chi connectivity index (χ2v) is 5.08. The molecule has 0 amide bonds. The van der Waals surface area contributed by atoms with E-state index < -0.39 is 16.0 Å². The highest BCUT2D eigenvalue weighted by Gasteiger charge is 2.18. The second kappa shape index (κ2) is 3.95. The first-order chi connectivity index (χ1) is 6.85. The molecule has 0 fully saturated rings. The van der Waals surface area contributed by atoms with E-state index in [1.165, 1.54) is 26.2 Å². The van der Waals surface area contributed by atoms with Crippen LogP contribution in [0, 0.1) is 0 Å². The van der Waals surface area contributed by atoms with Gasteiger partial charge in [0.2, 0.25) is 0 Å². The minimum Gasteiger partial charge on any atom is -0.478 e. The lowest BCUT2D eigenvalue weighted by Crippen LogP contribution is -2.23. The maximum absolute atomic E-state index is 11.5. The van der Waals surface area contributed by atoms with Crippen LogP contribution in [0.4, 0.5) is 0 Å². The SMILES string of the molecule is CN(C)S(=O)(=O)c1ccc(C(=O)O)cn1. The molecule has 82 valence electrons. The van der Waals surface area contributed by atoms with E-state index in [2.05, 4.69) is 4.98 Å². The maximum Gasteiger partial charge on any atom is 0.337 e. The van der Waals surface area contributed by atoms with E-state index in [-0.39, 0.29) is 10.6 Å². The molecule has 0 saturated carbocycles. The number of rotatable bonds is 3. The van der Waals surface area contributed by atoms with E-state index in [1.807, 2.05) is 0 Å². The third kappa shape index (κ3) is 2.31. The van der Waals surface area contributed by atoms with Crippen LogP contribution in [-0.4, -0.2) is 42.9 Å². The van der Waals surface area contributed by atoms with Gasteiger partial charge in [0, 0.05) is 20.3 Å². The summed E-state index contributed by atoms with van der Waals surface area (Å²) in [6.07, 6.45) is 1.01. The Morgan fingerprint density at radius 2 is 2.00 bits per heavy atom. The smallest absolute Gasteiger partial charge is 0.337 e. The minimum absolute atomic E-state index is 0.0484. The van der Waals surface area contributed by atoms with Crippen LogP contribution in [0.15, 0.2) is 23.4 Å². The summed E-state index contributed by atoms with van der Waals surface area (Å²) < 4.78 is 24.1. The van der Waals surface area contributed by atoms with Gasteiger partial charge in [-0.1, -0.05) is 0 Å². The highest BCUT2D eigenvalue weighted by molar-refractivity contribution is 7.89. The Labute approximate surface area is 87.2 Å². The van der Waals surface area contributed by atoms with Crippen LogP contribution >= 0.6 is 0 Å². The quantitative estimate of drug-likeness (QED) is 0.791. The number of aromatic nitrogens is 1. The molecule has 0 radical (unpaired) electrons. The van der Waals surface area contributed by atoms with Crippen LogP contribution in [0.1, 0.15) is 10.4 Å². The highest BCUT2D eigenvalue weighted by Crippen LogP contribution is 2.10. The summed E-state index contributed by atoms with van der Waals surface area (Å²) in [4.78, 5) is 14.1. The number of nitrogens with zero attached hydrogens (tertiary/aromatic N) is 2. The minimum atomic E-state index is -3.59. The van der Waals surface area contributed by atoms with Crippen molar-refractivity contribution in [2.75, 3.05) is 14.1 Å². The molecule has 15 heavy (non-hydrogen) atoms. The molecule has 0 aliphatic carbocycles. The van der Waals surface area contributed by atoms with Gasteiger partial charge in [0.1, 0.15) is 0 Å². The fraction of sp³-hybridized carbons (Fsp3) is 0.250. The predicted octanol–water partition coefficient (Wildman–Crippen LogP) is 0.0301. The number of aromatic carboxylic acids is 1. The van der Waals surface area contributed by atoms with Crippen LogP contribution in [-0.2, 0) is 10.0 Å². The van der Waals surface area contributed by atoms with Crippen molar-refractivity contribution in [2.45, 2.75) is 5.03 Å². The molecule has 1 rings (SSSR count). The average molecular weight is 230 g/mol. The van der Waals surface area contributed by atoms with Crippen molar-refractivity contribution in [2.24, 2.45) is 0 Å². The maximum atomic E-state index is 11.5. The number of carboxylic acid groups (broad SMARTS) is 1. The van der Waals surface area contributed by atoms with Crippen molar-refractivity contribution in [1.29, 1.82) is 0 Å². The monoisotopic (exact) mass is 230 g/mol. The first-order valence-corrected chi connectivity index (χ1v) is 5.41. The van der Waals surface area contributed by atoms with Crippen molar-refractivity contribution in [3.63, 3.8) is 0 Å². The summed E-state index contributed by atoms with van der Waals surface area (Å²) in [5, 5.41) is 8.42. The molecule has 1 aromatic rings. The molecule has 1 heterocycles. The van der Waals surface area contributed by atoms with Crippen LogP contribution in [0.25, 0.3) is 0 Å². The topological polar surface area (TPSA) is 87.6 Å². The zero-order valence-corrected chi connectivity index (χ0v) is 9.02. The number of pyridine rings is 1. The number of sulfonamides is 1. The van der Waals surface area contributed by atoms with E-state index in [1.54, 1.807) is 0 Å². The summed E-state index contributed by atoms with van der Waals surface area (Å²) in [5.74, 6) is -1.14. The molecule has 7 heteroatoms. The lowest BCUT2D eigenvalue weighted by Gasteiger charge is -2.09. The molecule has 6 nitrogen and oxygen atoms in total. The molecule has 0 unspecified atom stereocenters. The van der Waals surface area contributed by atoms with Crippen molar-refractivity contribution < 1.29 is 18.3 Å². The van der Waals surface area contributed by atoms with Gasteiger partial charge in [0.15, 0.2) is 5.03 Å². The standard InChI is InChI=1S/C8H10N2O4S/c1-10(2)15(13,14)7-4-3-6(5-9-7)8(11)12/h3-5H,1-2H3,(H,11,12). The molecule has 0 atom stereocenters. The fourth-order valence-corrected chi connectivity index (χ4v) is 1.65. The normalized spacial score (nSPS) is 11.7. The second-order valence-electron chi connectivity index (χ2n) is 2.98. The van der Waals surface area contributed by atoms with Crippen LogP contribution < -0.4 is 0 Å². The van der Waals surface area contributed by atoms with E-state index >= 15 is 0 Å². The Morgan fingerprint density at radius 3 is 2.33 bits per heavy atom. The van der Waals surface area contributed by atoms with E-state index in [0.717, 1.165) is 10.5 Å². The lowest BCUT2D eigenvalue weighted by molar-refractivity contribution is 0.0696. The van der Waals surface area contributed by atoms with Gasteiger partial charge in [-0.15, -0.1) is 0 Å². The number of carbonyl (C=O) groups is 1. The highest BCUT2D eigenvalue weighted by atomic mass is 32.2. The first kappa shape index (κ1) is 11.6. The van der Waals surface area contributed by atoms with Gasteiger partial charge >= 0.3 is 5.97 Å². The molecular formula is C8H10N2O4S. The third-order valence-corrected chi connectivity index (χ3v) is 3.46. The Bertz CT molecular complexity index is 464. The molecule has 1 aromatic heterocycles. The van der Waals surface area contributed by atoms with E-state index in [0.29, 0.717) is 0 Å². The first-order valence-electron chi connectivity index (χ1n) is 3.97. The fourth-order valence-electron chi connectivity index (χ4n) is 0.846. The van der Waals surface area contributed by atoms with Gasteiger partial charge in [0.25, 0.3) is 10.0 Å². The number of hydrogen-bond donors (Lipinski definition) is 1. The summed E-state index contributed by atoms with van der Waals surface area (Å²) in [7, 11) is -0.836. The predicted molar refractivity (Wildman–Crippen MR) is 52.1 cm³/mol. The van der Waals surface area contributed by atoms with Gasteiger partial charge in [-0.2, -0.15) is 0 Å². The van der Waals surface area contributed by atoms with Crippen molar-refractivity contribution >= 4 is 16.0 Å². The van der Waals surface area contributed by atoms with Gasteiger partial charge in [-0.05, 0) is 12.1 Å². The summed E-state index contributed by atoms with van der Waals surface area (Å²) in [5.41, 5.74) is -0.0484. The van der Waals surface area contributed by atoms with E-state index in [9.17, 15) is 13.2 Å². The van der Waals surface area contributed by atoms with Gasteiger partial charge < -0.3 is 5.11 Å². The Hall–Kier alpha value is -1.47. The van der Waals surface area contributed by atoms with Crippen molar-refractivity contribution in [3.05, 3.63) is 23.9 Å².